The van der Waals surface area contributed by atoms with E-state index in [1.165, 1.54) is 25.5 Å². The summed E-state index contributed by atoms with van der Waals surface area (Å²) in [6, 6.07) is 7.90. The Labute approximate surface area is 144 Å². The van der Waals surface area contributed by atoms with Gasteiger partial charge in [-0.3, -0.25) is 4.79 Å². The number of amides is 1. The van der Waals surface area contributed by atoms with Gasteiger partial charge in [-0.25, -0.2) is 13.1 Å². The Morgan fingerprint density at radius 1 is 1.21 bits per heavy atom. The third-order valence-electron chi connectivity index (χ3n) is 4.14. The number of carbonyl (C=O) groups is 1. The smallest absolute Gasteiger partial charge is 0.223 e. The molecule has 0 atom stereocenters. The predicted molar refractivity (Wildman–Crippen MR) is 98.0 cm³/mol. The molecule has 2 rings (SSSR count). The van der Waals surface area contributed by atoms with Crippen molar-refractivity contribution in [1.82, 2.24) is 4.72 Å². The van der Waals surface area contributed by atoms with Crippen molar-refractivity contribution in [2.45, 2.75) is 33.1 Å². The molecule has 1 aliphatic rings. The fourth-order valence-corrected chi connectivity index (χ4v) is 4.03. The average Bonchev–Trinajstić information content (AvgIpc) is 3.06. The van der Waals surface area contributed by atoms with Crippen LogP contribution in [-0.2, 0) is 14.8 Å². The van der Waals surface area contributed by atoms with Gasteiger partial charge in [-0.1, -0.05) is 6.92 Å². The summed E-state index contributed by atoms with van der Waals surface area (Å²) in [7, 11) is -3.25. The van der Waals surface area contributed by atoms with Crippen LogP contribution in [0.2, 0.25) is 0 Å². The molecule has 0 spiro atoms. The Morgan fingerprint density at radius 3 is 2.38 bits per heavy atom. The predicted octanol–water partition coefficient (Wildman–Crippen LogP) is 1.97. The first-order valence-corrected chi connectivity index (χ1v) is 10.2. The zero-order valence-electron chi connectivity index (χ0n) is 14.5. The Hall–Kier alpha value is -1.60. The van der Waals surface area contributed by atoms with E-state index in [0.29, 0.717) is 13.0 Å². The van der Waals surface area contributed by atoms with Crippen molar-refractivity contribution in [3.05, 3.63) is 24.3 Å². The SMILES string of the molecule is CCCS(=O)(=O)NCCN(C(C)=O)c1ccc(N2CCCC2)cc1. The van der Waals surface area contributed by atoms with Crippen molar-refractivity contribution in [1.29, 1.82) is 0 Å². The highest BCUT2D eigenvalue weighted by atomic mass is 32.2. The summed E-state index contributed by atoms with van der Waals surface area (Å²) in [5, 5.41) is 0. The molecule has 1 aromatic rings. The van der Waals surface area contributed by atoms with Crippen molar-refractivity contribution in [2.75, 3.05) is 41.7 Å². The fourth-order valence-electron chi connectivity index (χ4n) is 2.94. The van der Waals surface area contributed by atoms with Crippen LogP contribution in [0.1, 0.15) is 33.1 Å². The van der Waals surface area contributed by atoms with Gasteiger partial charge in [-0.15, -0.1) is 0 Å². The third kappa shape index (κ3) is 5.21. The van der Waals surface area contributed by atoms with Crippen LogP contribution in [0.3, 0.4) is 0 Å². The third-order valence-corrected chi connectivity index (χ3v) is 5.73. The summed E-state index contributed by atoms with van der Waals surface area (Å²) in [6.45, 7) is 6.01. The maximum Gasteiger partial charge on any atom is 0.223 e. The second-order valence-electron chi connectivity index (χ2n) is 6.09. The van der Waals surface area contributed by atoms with Crippen LogP contribution in [0.15, 0.2) is 24.3 Å². The Balaban J connectivity index is 1.98. The normalized spacial score (nSPS) is 14.8. The van der Waals surface area contributed by atoms with Gasteiger partial charge in [0.05, 0.1) is 5.75 Å². The quantitative estimate of drug-likeness (QED) is 0.776. The van der Waals surface area contributed by atoms with E-state index in [1.54, 1.807) is 4.90 Å². The van der Waals surface area contributed by atoms with E-state index in [4.69, 9.17) is 0 Å². The van der Waals surface area contributed by atoms with Gasteiger partial charge in [0.25, 0.3) is 0 Å². The van der Waals surface area contributed by atoms with Gasteiger partial charge in [0.2, 0.25) is 15.9 Å². The van der Waals surface area contributed by atoms with Crippen molar-refractivity contribution < 1.29 is 13.2 Å². The van der Waals surface area contributed by atoms with Crippen LogP contribution in [0.5, 0.6) is 0 Å². The molecule has 7 heteroatoms. The molecule has 1 amide bonds. The molecule has 0 aliphatic carbocycles. The molecule has 1 aromatic carbocycles. The Morgan fingerprint density at radius 2 is 1.83 bits per heavy atom. The van der Waals surface area contributed by atoms with Crippen LogP contribution in [0.25, 0.3) is 0 Å². The highest BCUT2D eigenvalue weighted by Crippen LogP contribution is 2.23. The molecular weight excluding hydrogens is 326 g/mol. The lowest BCUT2D eigenvalue weighted by Crippen LogP contribution is -2.38. The number of hydrogen-bond donors (Lipinski definition) is 1. The molecule has 1 fully saturated rings. The maximum atomic E-state index is 11.9. The summed E-state index contributed by atoms with van der Waals surface area (Å²) >= 11 is 0. The molecule has 1 N–H and O–H groups in total. The first-order chi connectivity index (χ1) is 11.4. The highest BCUT2D eigenvalue weighted by Gasteiger charge is 2.16. The first kappa shape index (κ1) is 18.7. The molecule has 1 saturated heterocycles. The number of carbonyl (C=O) groups excluding carboxylic acids is 1. The molecule has 0 bridgehead atoms. The van der Waals surface area contributed by atoms with E-state index in [-0.39, 0.29) is 18.2 Å². The zero-order chi connectivity index (χ0) is 17.6. The average molecular weight is 353 g/mol. The lowest BCUT2D eigenvalue weighted by atomic mass is 10.2. The van der Waals surface area contributed by atoms with Crippen molar-refractivity contribution in [3.63, 3.8) is 0 Å². The highest BCUT2D eigenvalue weighted by molar-refractivity contribution is 7.89. The summed E-state index contributed by atoms with van der Waals surface area (Å²) < 4.78 is 25.9. The van der Waals surface area contributed by atoms with E-state index in [2.05, 4.69) is 9.62 Å². The summed E-state index contributed by atoms with van der Waals surface area (Å²) in [5.41, 5.74) is 1.96. The minimum Gasteiger partial charge on any atom is -0.372 e. The molecule has 0 saturated carbocycles. The van der Waals surface area contributed by atoms with Crippen molar-refractivity contribution in [3.8, 4) is 0 Å². The van der Waals surface area contributed by atoms with E-state index in [9.17, 15) is 13.2 Å². The topological polar surface area (TPSA) is 69.7 Å². The number of anilines is 2. The van der Waals surface area contributed by atoms with Crippen LogP contribution < -0.4 is 14.5 Å². The van der Waals surface area contributed by atoms with Crippen LogP contribution >= 0.6 is 0 Å². The minimum absolute atomic E-state index is 0.0985. The van der Waals surface area contributed by atoms with Gasteiger partial charge in [-0.05, 0) is 43.5 Å². The van der Waals surface area contributed by atoms with Crippen LogP contribution in [0.4, 0.5) is 11.4 Å². The standard InChI is InChI=1S/C17H27N3O3S/c1-3-14-24(22,23)18-10-13-20(15(2)21)17-8-6-16(7-9-17)19-11-4-5-12-19/h6-9,18H,3-5,10-14H2,1-2H3. The van der Waals surface area contributed by atoms with E-state index in [1.807, 2.05) is 31.2 Å². The zero-order valence-corrected chi connectivity index (χ0v) is 15.3. The first-order valence-electron chi connectivity index (χ1n) is 8.53. The van der Waals surface area contributed by atoms with Gasteiger partial charge >= 0.3 is 0 Å². The molecule has 1 heterocycles. The summed E-state index contributed by atoms with van der Waals surface area (Å²) in [4.78, 5) is 15.8. The van der Waals surface area contributed by atoms with Gasteiger partial charge < -0.3 is 9.80 Å². The van der Waals surface area contributed by atoms with Gasteiger partial charge in [0, 0.05) is 44.5 Å². The maximum absolute atomic E-state index is 11.9. The molecule has 0 aromatic heterocycles. The lowest BCUT2D eigenvalue weighted by Gasteiger charge is -2.23. The van der Waals surface area contributed by atoms with Crippen LogP contribution in [-0.4, -0.2) is 46.3 Å². The lowest BCUT2D eigenvalue weighted by molar-refractivity contribution is -0.116. The molecule has 0 radical (unpaired) electrons. The molecular formula is C17H27N3O3S. The van der Waals surface area contributed by atoms with Crippen molar-refractivity contribution >= 4 is 27.3 Å². The number of nitrogens with one attached hydrogen (secondary N) is 1. The number of hydrogen-bond acceptors (Lipinski definition) is 4. The van der Waals surface area contributed by atoms with E-state index < -0.39 is 10.0 Å². The summed E-state index contributed by atoms with van der Waals surface area (Å²) in [6.07, 6.45) is 3.02. The van der Waals surface area contributed by atoms with Gasteiger partial charge in [0.15, 0.2) is 0 Å². The largest absolute Gasteiger partial charge is 0.372 e. The minimum atomic E-state index is -3.25. The Kier molecular flexibility index (Phi) is 6.62. The fraction of sp³-hybridized carbons (Fsp3) is 0.588. The number of rotatable bonds is 8. The molecule has 134 valence electrons. The summed E-state index contributed by atoms with van der Waals surface area (Å²) in [5.74, 6) is 0.0102. The molecule has 1 aliphatic heterocycles. The van der Waals surface area contributed by atoms with Crippen LogP contribution in [0, 0.1) is 0 Å². The second-order valence-corrected chi connectivity index (χ2v) is 8.02. The number of nitrogens with zero attached hydrogens (tertiary/aromatic N) is 2. The number of sulfonamides is 1. The number of benzene rings is 1. The molecule has 6 nitrogen and oxygen atoms in total. The van der Waals surface area contributed by atoms with Gasteiger partial charge in [-0.2, -0.15) is 0 Å². The monoisotopic (exact) mass is 353 g/mol. The second kappa shape index (κ2) is 8.48. The Bertz CT molecular complexity index is 638. The van der Waals surface area contributed by atoms with Gasteiger partial charge in [0.1, 0.15) is 0 Å². The van der Waals surface area contributed by atoms with E-state index in [0.717, 1.165) is 18.8 Å². The molecule has 0 unspecified atom stereocenters. The van der Waals surface area contributed by atoms with Crippen molar-refractivity contribution in [2.24, 2.45) is 0 Å². The molecule has 24 heavy (non-hydrogen) atoms. The van der Waals surface area contributed by atoms with E-state index >= 15 is 0 Å².